The molecular weight excluding hydrogens is 380 g/mol. The molecule has 2 aromatic rings. The van der Waals surface area contributed by atoms with Crippen molar-refractivity contribution in [1.29, 1.82) is 0 Å². The first-order chi connectivity index (χ1) is 13.9. The Kier molecular flexibility index (Phi) is 4.64. The van der Waals surface area contributed by atoms with Crippen LogP contribution in [-0.4, -0.2) is 45.4 Å². The van der Waals surface area contributed by atoms with Gasteiger partial charge in [0.1, 0.15) is 5.60 Å². The van der Waals surface area contributed by atoms with Crippen LogP contribution < -0.4 is 5.32 Å². The van der Waals surface area contributed by atoms with Crippen molar-refractivity contribution in [3.8, 4) is 0 Å². The van der Waals surface area contributed by atoms with E-state index in [1.807, 2.05) is 52.4 Å². The fourth-order valence-corrected chi connectivity index (χ4v) is 4.84. The van der Waals surface area contributed by atoms with Crippen molar-refractivity contribution in [2.75, 3.05) is 13.1 Å². The molecule has 7 nitrogen and oxygen atoms in total. The number of ether oxygens (including phenoxy) is 1. The highest BCUT2D eigenvalue weighted by Gasteiger charge is 2.61. The molecule has 1 aromatic carbocycles. The van der Waals surface area contributed by atoms with Crippen LogP contribution in [0, 0.1) is 24.7 Å². The van der Waals surface area contributed by atoms with E-state index in [4.69, 9.17) is 9.84 Å². The molecule has 162 valence electrons. The summed E-state index contributed by atoms with van der Waals surface area (Å²) in [5.74, 6) is 0.442. The van der Waals surface area contributed by atoms with Crippen LogP contribution in [0.25, 0.3) is 10.9 Å². The molecule has 2 atom stereocenters. The fourth-order valence-electron chi connectivity index (χ4n) is 4.84. The van der Waals surface area contributed by atoms with Gasteiger partial charge in [-0.2, -0.15) is 5.10 Å². The van der Waals surface area contributed by atoms with Gasteiger partial charge in [-0.05, 0) is 58.9 Å². The van der Waals surface area contributed by atoms with Crippen LogP contribution in [0.3, 0.4) is 0 Å². The second-order valence-corrected chi connectivity index (χ2v) is 10.3. The second kappa shape index (κ2) is 6.72. The average Bonchev–Trinajstić information content (AvgIpc) is 2.95. The Labute approximate surface area is 177 Å². The normalized spacial score (nSPS) is 23.4. The largest absolute Gasteiger partial charge is 0.444 e. The number of aryl methyl sites for hydroxylation is 2. The van der Waals surface area contributed by atoms with E-state index in [9.17, 15) is 9.59 Å². The number of fused-ring (bicyclic) bond motifs is 2. The van der Waals surface area contributed by atoms with E-state index in [2.05, 4.69) is 24.4 Å². The van der Waals surface area contributed by atoms with E-state index in [-0.39, 0.29) is 29.8 Å². The van der Waals surface area contributed by atoms with Gasteiger partial charge in [-0.1, -0.05) is 18.2 Å². The molecule has 30 heavy (non-hydrogen) atoms. The van der Waals surface area contributed by atoms with Crippen molar-refractivity contribution in [2.24, 2.45) is 24.8 Å². The van der Waals surface area contributed by atoms with Crippen LogP contribution in [0.4, 0.5) is 4.79 Å². The number of rotatable bonds is 3. The predicted octanol–water partition coefficient (Wildman–Crippen LogP) is 3.35. The summed E-state index contributed by atoms with van der Waals surface area (Å²) in [5, 5.41) is 9.01. The number of nitrogens with one attached hydrogen (secondary N) is 1. The molecule has 1 saturated heterocycles. The van der Waals surface area contributed by atoms with Crippen molar-refractivity contribution in [3.05, 3.63) is 29.5 Å². The van der Waals surface area contributed by atoms with Crippen LogP contribution in [0.2, 0.25) is 0 Å². The first-order valence-electron chi connectivity index (χ1n) is 10.6. The number of para-hydroxylation sites is 1. The zero-order valence-electron chi connectivity index (χ0n) is 18.9. The van der Waals surface area contributed by atoms with Crippen LogP contribution in [0.5, 0.6) is 0 Å². The standard InChI is InChI=1S/C23H32N4O3/c1-13-9-8-10-14-18(13)26(7)25-19(14)23(5,6)24-20(28)17-15-11-27(12-16(15)17)21(29)30-22(2,3)4/h8-10,15-17H,11-12H2,1-7H3,(H,24,28). The number of nitrogens with zero attached hydrogens (tertiary/aromatic N) is 3. The Balaban J connectivity index is 1.43. The summed E-state index contributed by atoms with van der Waals surface area (Å²) in [6.07, 6.45) is -0.287. The average molecular weight is 413 g/mol. The lowest BCUT2D eigenvalue weighted by molar-refractivity contribution is -0.125. The van der Waals surface area contributed by atoms with Gasteiger partial charge in [0.15, 0.2) is 0 Å². The van der Waals surface area contributed by atoms with E-state index < -0.39 is 11.1 Å². The maximum Gasteiger partial charge on any atom is 0.410 e. The SMILES string of the molecule is Cc1cccc2c(C(C)(C)NC(=O)C3C4CN(C(=O)OC(C)(C)C)CC43)nn(C)c12. The van der Waals surface area contributed by atoms with E-state index in [1.165, 1.54) is 0 Å². The molecule has 2 heterocycles. The van der Waals surface area contributed by atoms with Gasteiger partial charge in [0.25, 0.3) is 0 Å². The zero-order valence-corrected chi connectivity index (χ0v) is 18.9. The van der Waals surface area contributed by atoms with Crippen molar-refractivity contribution < 1.29 is 14.3 Å². The molecule has 2 fully saturated rings. The number of aromatic nitrogens is 2. The van der Waals surface area contributed by atoms with Gasteiger partial charge in [0, 0.05) is 31.4 Å². The molecule has 2 unspecified atom stereocenters. The van der Waals surface area contributed by atoms with E-state index in [0.29, 0.717) is 13.1 Å². The number of piperidine rings is 1. The van der Waals surface area contributed by atoms with Gasteiger partial charge in [-0.3, -0.25) is 9.48 Å². The Morgan fingerprint density at radius 1 is 1.13 bits per heavy atom. The summed E-state index contributed by atoms with van der Waals surface area (Å²) >= 11 is 0. The zero-order chi connectivity index (χ0) is 22.0. The third kappa shape index (κ3) is 3.55. The highest BCUT2D eigenvalue weighted by atomic mass is 16.6. The van der Waals surface area contributed by atoms with Crippen molar-refractivity contribution >= 4 is 22.9 Å². The number of carbonyl (C=O) groups is 2. The molecule has 7 heteroatoms. The van der Waals surface area contributed by atoms with Gasteiger partial charge < -0.3 is 15.0 Å². The van der Waals surface area contributed by atoms with Crippen LogP contribution >= 0.6 is 0 Å². The van der Waals surface area contributed by atoms with Crippen molar-refractivity contribution in [3.63, 3.8) is 0 Å². The quantitative estimate of drug-likeness (QED) is 0.839. The van der Waals surface area contributed by atoms with Crippen molar-refractivity contribution in [2.45, 2.75) is 52.7 Å². The monoisotopic (exact) mass is 412 g/mol. The molecule has 1 saturated carbocycles. The molecule has 4 rings (SSSR count). The van der Waals surface area contributed by atoms with Crippen LogP contribution in [0.1, 0.15) is 45.9 Å². The highest BCUT2D eigenvalue weighted by Crippen LogP contribution is 2.52. The van der Waals surface area contributed by atoms with Gasteiger partial charge in [-0.15, -0.1) is 0 Å². The molecule has 2 aliphatic rings. The number of amides is 2. The minimum absolute atomic E-state index is 0.0420. The predicted molar refractivity (Wildman–Crippen MR) is 115 cm³/mol. The Hall–Kier alpha value is -2.57. The maximum atomic E-state index is 13.0. The fraction of sp³-hybridized carbons (Fsp3) is 0.609. The molecular formula is C23H32N4O3. The summed E-state index contributed by atoms with van der Waals surface area (Å²) in [4.78, 5) is 27.0. The van der Waals surface area contributed by atoms with Crippen molar-refractivity contribution in [1.82, 2.24) is 20.0 Å². The van der Waals surface area contributed by atoms with Gasteiger partial charge in [-0.25, -0.2) is 4.79 Å². The Bertz CT molecular complexity index is 1010. The maximum absolute atomic E-state index is 13.0. The molecule has 0 bridgehead atoms. The molecule has 1 aliphatic heterocycles. The van der Waals surface area contributed by atoms with E-state index >= 15 is 0 Å². The molecule has 1 N–H and O–H groups in total. The summed E-state index contributed by atoms with van der Waals surface area (Å²) < 4.78 is 7.34. The lowest BCUT2D eigenvalue weighted by Crippen LogP contribution is -2.44. The first-order valence-corrected chi connectivity index (χ1v) is 10.6. The third-order valence-corrected chi connectivity index (χ3v) is 6.24. The smallest absolute Gasteiger partial charge is 0.410 e. The molecule has 1 aromatic heterocycles. The Morgan fingerprint density at radius 3 is 2.37 bits per heavy atom. The van der Waals surface area contributed by atoms with Gasteiger partial charge >= 0.3 is 6.09 Å². The second-order valence-electron chi connectivity index (χ2n) is 10.3. The third-order valence-electron chi connectivity index (χ3n) is 6.24. The molecule has 0 radical (unpaired) electrons. The summed E-state index contributed by atoms with van der Waals surface area (Å²) in [7, 11) is 1.94. The molecule has 2 amide bonds. The summed E-state index contributed by atoms with van der Waals surface area (Å²) in [5.41, 5.74) is 2.03. The first kappa shape index (κ1) is 20.7. The minimum Gasteiger partial charge on any atom is -0.444 e. The number of hydrogen-bond donors (Lipinski definition) is 1. The number of hydrogen-bond acceptors (Lipinski definition) is 4. The number of likely N-dealkylation sites (tertiary alicyclic amines) is 1. The summed E-state index contributed by atoms with van der Waals surface area (Å²) in [6.45, 7) is 12.8. The van der Waals surface area contributed by atoms with Gasteiger partial charge in [0.2, 0.25) is 5.91 Å². The lowest BCUT2D eigenvalue weighted by atomic mass is 9.96. The molecule has 0 spiro atoms. The van der Waals surface area contributed by atoms with Gasteiger partial charge in [0.05, 0.1) is 16.7 Å². The molecule has 1 aliphatic carbocycles. The van der Waals surface area contributed by atoms with E-state index in [1.54, 1.807) is 4.90 Å². The number of benzene rings is 1. The van der Waals surface area contributed by atoms with E-state index in [0.717, 1.165) is 22.2 Å². The topological polar surface area (TPSA) is 76.5 Å². The lowest BCUT2D eigenvalue weighted by Gasteiger charge is -2.27. The minimum atomic E-state index is -0.591. The van der Waals surface area contributed by atoms with Crippen LogP contribution in [0.15, 0.2) is 18.2 Å². The van der Waals surface area contributed by atoms with Crippen LogP contribution in [-0.2, 0) is 22.1 Å². The Morgan fingerprint density at radius 2 is 1.77 bits per heavy atom. The number of carbonyl (C=O) groups excluding carboxylic acids is 2. The summed E-state index contributed by atoms with van der Waals surface area (Å²) in [6, 6.07) is 6.15. The highest BCUT2D eigenvalue weighted by molar-refractivity contribution is 5.88.